The van der Waals surface area contributed by atoms with Crippen LogP contribution >= 0.6 is 12.6 Å². The quantitative estimate of drug-likeness (QED) is 0.558. The maximum Gasteiger partial charge on any atom is 0.222 e. The number of carbonyl (C=O) groups is 1. The Morgan fingerprint density at radius 1 is 1.12 bits per heavy atom. The highest BCUT2D eigenvalue weighted by atomic mass is 32.1. The highest BCUT2D eigenvalue weighted by Gasteiger charge is 2.19. The standard InChI is InChI=1S/C13H26N2OS/c1-2-3-4-5-6-13(16)15-9-7-14(8-10-15)11-12-17/h17H,2-12H2,1H3. The largest absolute Gasteiger partial charge is 0.340 e. The van der Waals surface area contributed by atoms with E-state index in [9.17, 15) is 4.79 Å². The lowest BCUT2D eigenvalue weighted by Crippen LogP contribution is -2.49. The third kappa shape index (κ3) is 5.77. The first kappa shape index (κ1) is 14.8. The van der Waals surface area contributed by atoms with Crippen LogP contribution in [-0.2, 0) is 4.79 Å². The Morgan fingerprint density at radius 2 is 1.82 bits per heavy atom. The summed E-state index contributed by atoms with van der Waals surface area (Å²) in [5.74, 6) is 1.26. The maximum absolute atomic E-state index is 11.9. The van der Waals surface area contributed by atoms with Gasteiger partial charge in [-0.25, -0.2) is 0 Å². The average Bonchev–Trinajstić information content (AvgIpc) is 2.36. The molecule has 1 rings (SSSR count). The van der Waals surface area contributed by atoms with Gasteiger partial charge in [0, 0.05) is 44.9 Å². The zero-order valence-corrected chi connectivity index (χ0v) is 11.9. The van der Waals surface area contributed by atoms with Gasteiger partial charge in [0.1, 0.15) is 0 Å². The van der Waals surface area contributed by atoms with Gasteiger partial charge in [0.25, 0.3) is 0 Å². The molecule has 100 valence electrons. The zero-order valence-electron chi connectivity index (χ0n) is 11.0. The minimum absolute atomic E-state index is 0.353. The van der Waals surface area contributed by atoms with Crippen LogP contribution in [0.1, 0.15) is 39.0 Å². The van der Waals surface area contributed by atoms with Crippen LogP contribution in [0.2, 0.25) is 0 Å². The number of piperazine rings is 1. The van der Waals surface area contributed by atoms with E-state index in [2.05, 4.69) is 24.5 Å². The first-order valence-corrected chi connectivity index (χ1v) is 7.52. The zero-order chi connectivity index (χ0) is 12.5. The second-order valence-corrected chi connectivity index (χ2v) is 5.20. The third-order valence-corrected chi connectivity index (χ3v) is 3.59. The Labute approximate surface area is 111 Å². The summed E-state index contributed by atoms with van der Waals surface area (Å²) in [6, 6.07) is 0. The SMILES string of the molecule is CCCCCCC(=O)N1CCN(CCS)CC1. The van der Waals surface area contributed by atoms with Crippen molar-refractivity contribution in [3.8, 4) is 0 Å². The van der Waals surface area contributed by atoms with E-state index in [1.807, 2.05) is 4.90 Å². The Bertz CT molecular complexity index is 215. The minimum atomic E-state index is 0.353. The average molecular weight is 258 g/mol. The van der Waals surface area contributed by atoms with Crippen LogP contribution in [0.5, 0.6) is 0 Å². The van der Waals surface area contributed by atoms with Crippen LogP contribution in [0.25, 0.3) is 0 Å². The summed E-state index contributed by atoms with van der Waals surface area (Å²) in [5, 5.41) is 0. The molecule has 1 fully saturated rings. The lowest BCUT2D eigenvalue weighted by molar-refractivity contribution is -0.133. The first-order chi connectivity index (χ1) is 8.27. The summed E-state index contributed by atoms with van der Waals surface area (Å²) in [5.41, 5.74) is 0. The molecule has 1 aliphatic rings. The van der Waals surface area contributed by atoms with E-state index >= 15 is 0 Å². The molecule has 4 heteroatoms. The van der Waals surface area contributed by atoms with Crippen molar-refractivity contribution < 1.29 is 4.79 Å². The van der Waals surface area contributed by atoms with Crippen molar-refractivity contribution in [3.63, 3.8) is 0 Å². The van der Waals surface area contributed by atoms with Crippen LogP contribution in [0, 0.1) is 0 Å². The van der Waals surface area contributed by atoms with Crippen LogP contribution in [0.15, 0.2) is 0 Å². The third-order valence-electron chi connectivity index (χ3n) is 3.39. The number of rotatable bonds is 7. The van der Waals surface area contributed by atoms with E-state index in [-0.39, 0.29) is 0 Å². The van der Waals surface area contributed by atoms with Gasteiger partial charge in [-0.15, -0.1) is 0 Å². The van der Waals surface area contributed by atoms with Crippen molar-refractivity contribution in [2.45, 2.75) is 39.0 Å². The van der Waals surface area contributed by atoms with Crippen LogP contribution in [-0.4, -0.2) is 54.2 Å². The number of thiol groups is 1. The molecule has 1 amide bonds. The fourth-order valence-electron chi connectivity index (χ4n) is 2.22. The van der Waals surface area contributed by atoms with Crippen molar-refractivity contribution in [1.29, 1.82) is 0 Å². The van der Waals surface area contributed by atoms with Crippen molar-refractivity contribution in [3.05, 3.63) is 0 Å². The lowest BCUT2D eigenvalue weighted by Gasteiger charge is -2.34. The van der Waals surface area contributed by atoms with Crippen LogP contribution in [0.3, 0.4) is 0 Å². The number of hydrogen-bond donors (Lipinski definition) is 1. The van der Waals surface area contributed by atoms with Gasteiger partial charge in [-0.05, 0) is 6.42 Å². The predicted octanol–water partition coefficient (Wildman–Crippen LogP) is 2.03. The molecule has 0 N–H and O–H groups in total. The van der Waals surface area contributed by atoms with Crippen LogP contribution < -0.4 is 0 Å². The topological polar surface area (TPSA) is 23.6 Å². The highest BCUT2D eigenvalue weighted by molar-refractivity contribution is 7.80. The molecule has 3 nitrogen and oxygen atoms in total. The normalized spacial score (nSPS) is 17.4. The molecule has 1 heterocycles. The van der Waals surface area contributed by atoms with E-state index < -0.39 is 0 Å². The number of hydrogen-bond acceptors (Lipinski definition) is 3. The molecule has 1 aliphatic heterocycles. The monoisotopic (exact) mass is 258 g/mol. The summed E-state index contributed by atoms with van der Waals surface area (Å²) in [4.78, 5) is 16.3. The first-order valence-electron chi connectivity index (χ1n) is 6.89. The van der Waals surface area contributed by atoms with Crippen LogP contribution in [0.4, 0.5) is 0 Å². The van der Waals surface area contributed by atoms with Gasteiger partial charge in [-0.1, -0.05) is 26.2 Å². The molecule has 17 heavy (non-hydrogen) atoms. The van der Waals surface area contributed by atoms with Crippen molar-refractivity contribution in [2.75, 3.05) is 38.5 Å². The summed E-state index contributed by atoms with van der Waals surface area (Å²) >= 11 is 4.24. The Hall–Kier alpha value is -0.220. The maximum atomic E-state index is 11.9. The smallest absolute Gasteiger partial charge is 0.222 e. The molecular weight excluding hydrogens is 232 g/mol. The predicted molar refractivity (Wildman–Crippen MR) is 75.6 cm³/mol. The number of nitrogens with zero attached hydrogens (tertiary/aromatic N) is 2. The van der Waals surface area contributed by atoms with Crippen molar-refractivity contribution >= 4 is 18.5 Å². The molecule has 1 saturated heterocycles. The Balaban J connectivity index is 2.12. The molecule has 0 radical (unpaired) electrons. The molecule has 0 atom stereocenters. The number of amides is 1. The second kappa shape index (κ2) is 8.81. The lowest BCUT2D eigenvalue weighted by atomic mass is 10.1. The van der Waals surface area contributed by atoms with Gasteiger partial charge in [0.15, 0.2) is 0 Å². The van der Waals surface area contributed by atoms with Gasteiger partial charge in [0.2, 0.25) is 5.91 Å². The van der Waals surface area contributed by atoms with E-state index in [1.165, 1.54) is 19.3 Å². The fraction of sp³-hybridized carbons (Fsp3) is 0.923. The Morgan fingerprint density at radius 3 is 2.41 bits per heavy atom. The molecule has 0 aromatic carbocycles. The summed E-state index contributed by atoms with van der Waals surface area (Å²) in [7, 11) is 0. The molecular formula is C13H26N2OS. The Kier molecular flexibility index (Phi) is 7.69. The van der Waals surface area contributed by atoms with Gasteiger partial charge >= 0.3 is 0 Å². The summed E-state index contributed by atoms with van der Waals surface area (Å²) in [6.07, 6.45) is 5.48. The molecule has 0 aromatic heterocycles. The van der Waals surface area contributed by atoms with E-state index in [4.69, 9.17) is 0 Å². The van der Waals surface area contributed by atoms with Crippen molar-refractivity contribution in [2.24, 2.45) is 0 Å². The van der Waals surface area contributed by atoms with E-state index in [0.29, 0.717) is 5.91 Å². The summed E-state index contributed by atoms with van der Waals surface area (Å²) in [6.45, 7) is 7.08. The number of carbonyl (C=O) groups excluding carboxylic acids is 1. The molecule has 0 spiro atoms. The number of unbranched alkanes of at least 4 members (excludes halogenated alkanes) is 3. The second-order valence-electron chi connectivity index (χ2n) is 4.76. The molecule has 0 aliphatic carbocycles. The van der Waals surface area contributed by atoms with Gasteiger partial charge in [0.05, 0.1) is 0 Å². The minimum Gasteiger partial charge on any atom is -0.340 e. The highest BCUT2D eigenvalue weighted by Crippen LogP contribution is 2.08. The summed E-state index contributed by atoms with van der Waals surface area (Å²) < 4.78 is 0. The molecule has 0 aromatic rings. The van der Waals surface area contributed by atoms with E-state index in [0.717, 1.165) is 51.3 Å². The molecule has 0 saturated carbocycles. The molecule has 0 unspecified atom stereocenters. The fourth-order valence-corrected chi connectivity index (χ4v) is 2.51. The van der Waals surface area contributed by atoms with Gasteiger partial charge in [-0.2, -0.15) is 12.6 Å². The van der Waals surface area contributed by atoms with E-state index in [1.54, 1.807) is 0 Å². The van der Waals surface area contributed by atoms with Gasteiger partial charge < -0.3 is 4.90 Å². The molecule has 0 bridgehead atoms. The van der Waals surface area contributed by atoms with Gasteiger partial charge in [-0.3, -0.25) is 9.69 Å². The van der Waals surface area contributed by atoms with Crippen molar-refractivity contribution in [1.82, 2.24) is 9.80 Å².